The smallest absolute Gasteiger partial charge is 0.316 e. The maximum Gasteiger partial charge on any atom is 0.316 e. The highest BCUT2D eigenvalue weighted by Gasteiger charge is 2.17. The van der Waals surface area contributed by atoms with Gasteiger partial charge in [-0.25, -0.2) is 0 Å². The number of nitrogens with zero attached hydrogens (tertiary/aromatic N) is 3. The fraction of sp³-hybridized carbons (Fsp3) is 0.211. The molecule has 1 heterocycles. The molecule has 0 aliphatic carbocycles. The van der Waals surface area contributed by atoms with Crippen LogP contribution in [-0.4, -0.2) is 33.6 Å². The van der Waals surface area contributed by atoms with Crippen LogP contribution in [-0.2, 0) is 9.53 Å². The lowest BCUT2D eigenvalue weighted by molar-refractivity contribution is -0.137. The zero-order chi connectivity index (χ0) is 17.8. The number of carbonyl (C=O) groups is 1. The van der Waals surface area contributed by atoms with E-state index in [1.807, 2.05) is 54.8 Å². The standard InChI is InChI=1S/C19H19N3O2S/c1-13-6-4-8-15(10-13)18-20-21-19(25-12-17(23)24-3)22(18)16-9-5-7-14(2)11-16/h4-11H,12H2,1-3H3. The molecule has 0 aliphatic rings. The lowest BCUT2D eigenvalue weighted by Crippen LogP contribution is -2.05. The number of thioether (sulfide) groups is 1. The first-order chi connectivity index (χ1) is 12.1. The van der Waals surface area contributed by atoms with E-state index < -0.39 is 0 Å². The third-order valence-corrected chi connectivity index (χ3v) is 4.62. The fourth-order valence-electron chi connectivity index (χ4n) is 2.52. The third kappa shape index (κ3) is 3.91. The van der Waals surface area contributed by atoms with Gasteiger partial charge in [0.1, 0.15) is 0 Å². The molecule has 0 atom stereocenters. The second-order valence-corrected chi connectivity index (χ2v) is 6.66. The van der Waals surface area contributed by atoms with E-state index in [0.717, 1.165) is 28.2 Å². The van der Waals surface area contributed by atoms with E-state index in [1.54, 1.807) is 0 Å². The van der Waals surface area contributed by atoms with Crippen molar-refractivity contribution in [2.75, 3.05) is 12.9 Å². The highest BCUT2D eigenvalue weighted by molar-refractivity contribution is 7.99. The van der Waals surface area contributed by atoms with Gasteiger partial charge in [0.15, 0.2) is 11.0 Å². The highest BCUT2D eigenvalue weighted by atomic mass is 32.2. The van der Waals surface area contributed by atoms with Crippen LogP contribution in [0.3, 0.4) is 0 Å². The summed E-state index contributed by atoms with van der Waals surface area (Å²) in [5.74, 6) is 0.649. The van der Waals surface area contributed by atoms with E-state index in [0.29, 0.717) is 5.16 Å². The zero-order valence-corrected chi connectivity index (χ0v) is 15.2. The van der Waals surface area contributed by atoms with Crippen molar-refractivity contribution in [3.05, 3.63) is 59.7 Å². The van der Waals surface area contributed by atoms with Gasteiger partial charge in [0, 0.05) is 11.3 Å². The fourth-order valence-corrected chi connectivity index (χ4v) is 3.30. The highest BCUT2D eigenvalue weighted by Crippen LogP contribution is 2.28. The van der Waals surface area contributed by atoms with Crippen LogP contribution in [0, 0.1) is 13.8 Å². The van der Waals surface area contributed by atoms with Crippen LogP contribution >= 0.6 is 11.8 Å². The normalized spacial score (nSPS) is 10.7. The summed E-state index contributed by atoms with van der Waals surface area (Å²) in [6.45, 7) is 4.09. The molecule has 3 aromatic rings. The molecule has 0 fully saturated rings. The topological polar surface area (TPSA) is 57.0 Å². The molecule has 6 heteroatoms. The molecule has 3 rings (SSSR count). The van der Waals surface area contributed by atoms with Crippen molar-refractivity contribution < 1.29 is 9.53 Å². The van der Waals surface area contributed by atoms with Gasteiger partial charge in [0.05, 0.1) is 12.9 Å². The molecule has 0 aliphatic heterocycles. The van der Waals surface area contributed by atoms with Crippen LogP contribution in [0.4, 0.5) is 0 Å². The minimum Gasteiger partial charge on any atom is -0.468 e. The molecule has 0 amide bonds. The van der Waals surface area contributed by atoms with Crippen molar-refractivity contribution in [3.63, 3.8) is 0 Å². The lowest BCUT2D eigenvalue weighted by Gasteiger charge is -2.11. The zero-order valence-electron chi connectivity index (χ0n) is 14.4. The van der Waals surface area contributed by atoms with Crippen molar-refractivity contribution in [3.8, 4) is 17.1 Å². The summed E-state index contributed by atoms with van der Waals surface area (Å²) >= 11 is 1.31. The van der Waals surface area contributed by atoms with Gasteiger partial charge >= 0.3 is 5.97 Å². The Hall–Kier alpha value is -2.60. The summed E-state index contributed by atoms with van der Waals surface area (Å²) in [4.78, 5) is 11.5. The number of aromatic nitrogens is 3. The summed E-state index contributed by atoms with van der Waals surface area (Å²) < 4.78 is 6.71. The van der Waals surface area contributed by atoms with E-state index in [1.165, 1.54) is 18.9 Å². The molecule has 0 bridgehead atoms. The van der Waals surface area contributed by atoms with Crippen LogP contribution in [0.5, 0.6) is 0 Å². The predicted molar refractivity (Wildman–Crippen MR) is 99.0 cm³/mol. The first-order valence-corrected chi connectivity index (χ1v) is 8.86. The van der Waals surface area contributed by atoms with Gasteiger partial charge in [-0.3, -0.25) is 9.36 Å². The number of hydrogen-bond donors (Lipinski definition) is 0. The largest absolute Gasteiger partial charge is 0.468 e. The quantitative estimate of drug-likeness (QED) is 0.516. The van der Waals surface area contributed by atoms with Crippen molar-refractivity contribution in [2.45, 2.75) is 19.0 Å². The molecule has 25 heavy (non-hydrogen) atoms. The Morgan fingerprint density at radius 1 is 1.08 bits per heavy atom. The Morgan fingerprint density at radius 2 is 1.80 bits per heavy atom. The van der Waals surface area contributed by atoms with Crippen LogP contribution in [0.1, 0.15) is 11.1 Å². The molecular weight excluding hydrogens is 334 g/mol. The monoisotopic (exact) mass is 353 g/mol. The maximum absolute atomic E-state index is 11.5. The van der Waals surface area contributed by atoms with Gasteiger partial charge in [-0.15, -0.1) is 10.2 Å². The van der Waals surface area contributed by atoms with E-state index in [9.17, 15) is 4.79 Å². The average Bonchev–Trinajstić information content (AvgIpc) is 3.03. The number of carbonyl (C=O) groups excluding carboxylic acids is 1. The summed E-state index contributed by atoms with van der Waals surface area (Å²) in [6.07, 6.45) is 0. The van der Waals surface area contributed by atoms with Gasteiger partial charge < -0.3 is 4.74 Å². The Labute approximate surface area is 151 Å². The molecule has 0 saturated carbocycles. The number of benzene rings is 2. The van der Waals surface area contributed by atoms with Crippen molar-refractivity contribution >= 4 is 17.7 Å². The molecule has 0 N–H and O–H groups in total. The van der Waals surface area contributed by atoms with E-state index in [4.69, 9.17) is 4.74 Å². The number of esters is 1. The van der Waals surface area contributed by atoms with Crippen LogP contribution in [0.15, 0.2) is 53.7 Å². The van der Waals surface area contributed by atoms with Crippen LogP contribution < -0.4 is 0 Å². The molecule has 5 nitrogen and oxygen atoms in total. The second-order valence-electron chi connectivity index (χ2n) is 5.71. The summed E-state index contributed by atoms with van der Waals surface area (Å²) in [5, 5.41) is 9.34. The lowest BCUT2D eigenvalue weighted by atomic mass is 10.1. The molecule has 0 spiro atoms. The molecule has 0 unspecified atom stereocenters. The molecular formula is C19H19N3O2S. The molecule has 2 aromatic carbocycles. The van der Waals surface area contributed by atoms with Gasteiger partial charge in [-0.1, -0.05) is 47.7 Å². The SMILES string of the molecule is COC(=O)CSc1nnc(-c2cccc(C)c2)n1-c1cccc(C)c1. The Morgan fingerprint density at radius 3 is 2.48 bits per heavy atom. The average molecular weight is 353 g/mol. The Balaban J connectivity index is 2.09. The van der Waals surface area contributed by atoms with E-state index >= 15 is 0 Å². The van der Waals surface area contributed by atoms with Crippen LogP contribution in [0.2, 0.25) is 0 Å². The van der Waals surface area contributed by atoms with Crippen molar-refractivity contribution in [1.82, 2.24) is 14.8 Å². The molecule has 128 valence electrons. The van der Waals surface area contributed by atoms with Gasteiger partial charge in [0.2, 0.25) is 0 Å². The molecule has 0 saturated heterocycles. The van der Waals surface area contributed by atoms with Crippen molar-refractivity contribution in [1.29, 1.82) is 0 Å². The Bertz CT molecular complexity index is 905. The van der Waals surface area contributed by atoms with Gasteiger partial charge in [-0.05, 0) is 37.6 Å². The minimum atomic E-state index is -0.291. The maximum atomic E-state index is 11.5. The van der Waals surface area contributed by atoms with Crippen molar-refractivity contribution in [2.24, 2.45) is 0 Å². The molecule has 0 radical (unpaired) electrons. The summed E-state index contributed by atoms with van der Waals surface area (Å²) in [5.41, 5.74) is 4.25. The number of ether oxygens (including phenoxy) is 1. The summed E-state index contributed by atoms with van der Waals surface area (Å²) in [7, 11) is 1.38. The van der Waals surface area contributed by atoms with Gasteiger partial charge in [-0.2, -0.15) is 0 Å². The third-order valence-electron chi connectivity index (χ3n) is 3.72. The van der Waals surface area contributed by atoms with E-state index in [-0.39, 0.29) is 11.7 Å². The number of hydrogen-bond acceptors (Lipinski definition) is 5. The first kappa shape index (κ1) is 17.2. The molecule has 1 aromatic heterocycles. The number of rotatable bonds is 5. The second kappa shape index (κ2) is 7.53. The first-order valence-electron chi connectivity index (χ1n) is 7.87. The van der Waals surface area contributed by atoms with Crippen LogP contribution in [0.25, 0.3) is 17.1 Å². The summed E-state index contributed by atoms with van der Waals surface area (Å²) in [6, 6.07) is 16.3. The number of aryl methyl sites for hydroxylation is 2. The Kier molecular flexibility index (Phi) is 5.19. The predicted octanol–water partition coefficient (Wildman–Crippen LogP) is 3.82. The minimum absolute atomic E-state index is 0.189. The number of methoxy groups -OCH3 is 1. The van der Waals surface area contributed by atoms with Gasteiger partial charge in [0.25, 0.3) is 0 Å². The van der Waals surface area contributed by atoms with E-state index in [2.05, 4.69) is 22.3 Å².